The lowest BCUT2D eigenvalue weighted by atomic mass is 10.3. The van der Waals surface area contributed by atoms with Crippen molar-refractivity contribution in [1.29, 1.82) is 0 Å². The molecule has 0 saturated carbocycles. The summed E-state index contributed by atoms with van der Waals surface area (Å²) in [4.78, 5) is 33.3. The number of carboxylic acids is 2. The van der Waals surface area contributed by atoms with E-state index in [9.17, 15) is 19.5 Å². The highest BCUT2D eigenvalue weighted by molar-refractivity contribution is 5.88. The number of hydrogen-bond acceptors (Lipinski definition) is 6. The van der Waals surface area contributed by atoms with Gasteiger partial charge in [0.1, 0.15) is 5.69 Å². The highest BCUT2D eigenvalue weighted by Gasteiger charge is 2.04. The summed E-state index contributed by atoms with van der Waals surface area (Å²) < 4.78 is 0. The quantitative estimate of drug-likeness (QED) is 0.242. The van der Waals surface area contributed by atoms with Crippen molar-refractivity contribution in [1.82, 2.24) is 10.4 Å². The Morgan fingerprint density at radius 1 is 1.35 bits per heavy atom. The average Bonchev–Trinajstić information content (AvgIpc) is 2.29. The van der Waals surface area contributed by atoms with Crippen LogP contribution < -0.4 is 22.1 Å². The van der Waals surface area contributed by atoms with Crippen molar-refractivity contribution in [3.05, 3.63) is 29.6 Å². The van der Waals surface area contributed by atoms with Gasteiger partial charge in [0.2, 0.25) is 0 Å². The molecule has 0 aliphatic rings. The van der Waals surface area contributed by atoms with Crippen LogP contribution in [-0.4, -0.2) is 28.1 Å². The van der Waals surface area contributed by atoms with E-state index in [4.69, 9.17) is 5.11 Å². The van der Waals surface area contributed by atoms with Crippen LogP contribution in [0.25, 0.3) is 0 Å². The van der Waals surface area contributed by atoms with Gasteiger partial charge in [-0.2, -0.15) is 0 Å². The van der Waals surface area contributed by atoms with Gasteiger partial charge in [0.15, 0.2) is 0 Å². The molecule has 9 nitrogen and oxygen atoms in total. The van der Waals surface area contributed by atoms with Gasteiger partial charge in [0.25, 0.3) is 0 Å². The van der Waals surface area contributed by atoms with E-state index < -0.39 is 18.0 Å². The number of hydrazine groups is 1. The summed E-state index contributed by atoms with van der Waals surface area (Å²) in [5, 5.41) is 18.6. The molecule has 0 unspecified atom stereocenters. The second kappa shape index (κ2) is 6.87. The third-order valence-electron chi connectivity index (χ3n) is 1.34. The maximum atomic E-state index is 10.3. The van der Waals surface area contributed by atoms with E-state index in [-0.39, 0.29) is 11.4 Å². The topological polar surface area (TPSA) is 173 Å². The molecule has 2 amide bonds. The van der Waals surface area contributed by atoms with Gasteiger partial charge in [-0.05, 0) is 12.1 Å². The molecule has 0 aliphatic carbocycles. The van der Waals surface area contributed by atoms with Crippen LogP contribution in [0.15, 0.2) is 18.2 Å². The molecule has 0 fully saturated rings. The number of pyridine rings is 1. The Morgan fingerprint density at radius 3 is 2.18 bits per heavy atom. The number of rotatable bonds is 2. The van der Waals surface area contributed by atoms with E-state index >= 15 is 0 Å². The summed E-state index contributed by atoms with van der Waals surface area (Å²) in [7, 11) is 0. The number of carbonyl (C=O) groups is 3. The number of carboxylic acid groups (broad SMARTS) is 2. The van der Waals surface area contributed by atoms with Gasteiger partial charge in [0.05, 0.1) is 11.7 Å². The van der Waals surface area contributed by atoms with Crippen molar-refractivity contribution >= 4 is 18.0 Å². The maximum absolute atomic E-state index is 10.3. The van der Waals surface area contributed by atoms with E-state index in [1.54, 1.807) is 5.43 Å². The van der Waals surface area contributed by atoms with Crippen molar-refractivity contribution in [2.45, 2.75) is 0 Å². The summed E-state index contributed by atoms with van der Waals surface area (Å²) in [6.45, 7) is 0. The summed E-state index contributed by atoms with van der Waals surface area (Å²) >= 11 is 0. The van der Waals surface area contributed by atoms with Crippen LogP contribution in [0, 0.1) is 0 Å². The van der Waals surface area contributed by atoms with E-state index in [2.05, 4.69) is 16.6 Å². The molecule has 0 atom stereocenters. The third-order valence-corrected chi connectivity index (χ3v) is 1.34. The molecule has 0 bridgehead atoms. The molecule has 1 aromatic heterocycles. The van der Waals surface area contributed by atoms with Gasteiger partial charge in [-0.1, -0.05) is 6.07 Å². The molecular formula is C8H10N4O5. The largest absolute Gasteiger partial charge is 0.543 e. The number of nitrogens with zero attached hydrogens (tertiary/aromatic N) is 1. The first-order valence-electron chi connectivity index (χ1n) is 4.12. The molecule has 17 heavy (non-hydrogen) atoms. The Bertz CT molecular complexity index is 404. The number of hydrogen-bond donors (Lipinski definition) is 4. The number of carbonyl (C=O) groups excluding carboxylic acids is 2. The van der Waals surface area contributed by atoms with Gasteiger partial charge in [-0.15, -0.1) is 0 Å². The number of aromatic nitrogens is 1. The summed E-state index contributed by atoms with van der Waals surface area (Å²) in [5.41, 5.74) is 3.97. The molecule has 0 radical (unpaired) electrons. The van der Waals surface area contributed by atoms with Crippen molar-refractivity contribution in [3.8, 4) is 0 Å². The molecule has 7 N–H and O–H groups in total. The Morgan fingerprint density at radius 2 is 1.82 bits per heavy atom. The normalized spacial score (nSPS) is 8.59. The molecule has 0 aliphatic heterocycles. The lowest BCUT2D eigenvalue weighted by Crippen LogP contribution is -2.64. The van der Waals surface area contributed by atoms with E-state index in [1.807, 2.05) is 0 Å². The zero-order valence-corrected chi connectivity index (χ0v) is 8.54. The van der Waals surface area contributed by atoms with Crippen LogP contribution in [-0.2, 0) is 0 Å². The SMILES string of the molecule is NNC([NH3+])=O.O=C([O-])c1cccc(C(=O)O)n1. The Kier molecular flexibility index (Phi) is 5.85. The van der Waals surface area contributed by atoms with Crippen molar-refractivity contribution < 1.29 is 30.3 Å². The minimum absolute atomic E-state index is 0.309. The third kappa shape index (κ3) is 5.81. The average molecular weight is 242 g/mol. The van der Waals surface area contributed by atoms with Crippen molar-refractivity contribution in [2.75, 3.05) is 0 Å². The fraction of sp³-hybridized carbons (Fsp3) is 0. The number of quaternary nitrogens is 1. The number of aromatic carboxylic acids is 2. The van der Waals surface area contributed by atoms with Crippen molar-refractivity contribution in [3.63, 3.8) is 0 Å². The molecule has 92 valence electrons. The zero-order chi connectivity index (χ0) is 13.4. The molecule has 1 heterocycles. The highest BCUT2D eigenvalue weighted by Crippen LogP contribution is 1.97. The molecule has 9 heteroatoms. The number of nitrogens with two attached hydrogens (primary N) is 1. The first-order chi connectivity index (χ1) is 7.88. The molecule has 0 aromatic carbocycles. The summed E-state index contributed by atoms with van der Waals surface area (Å²) in [6, 6.07) is 3.20. The molecule has 0 spiro atoms. The molecule has 1 rings (SSSR count). The monoisotopic (exact) mass is 242 g/mol. The lowest BCUT2D eigenvalue weighted by Gasteiger charge is -2.00. The van der Waals surface area contributed by atoms with Crippen LogP contribution in [0.4, 0.5) is 4.79 Å². The maximum Gasteiger partial charge on any atom is 0.425 e. The number of amides is 2. The van der Waals surface area contributed by atoms with Crippen LogP contribution in [0.1, 0.15) is 21.0 Å². The summed E-state index contributed by atoms with van der Waals surface area (Å²) in [5.74, 6) is 1.76. The van der Waals surface area contributed by atoms with Crippen LogP contribution in [0.2, 0.25) is 0 Å². The van der Waals surface area contributed by atoms with E-state index in [0.29, 0.717) is 0 Å². The van der Waals surface area contributed by atoms with Gasteiger partial charge < -0.3 is 15.0 Å². The second-order valence-electron chi connectivity index (χ2n) is 2.57. The smallest absolute Gasteiger partial charge is 0.425 e. The fourth-order valence-electron chi connectivity index (χ4n) is 0.668. The molecule has 0 saturated heterocycles. The minimum Gasteiger partial charge on any atom is -0.543 e. The number of nitrogens with one attached hydrogen (secondary N) is 1. The van der Waals surface area contributed by atoms with Crippen LogP contribution in [0.3, 0.4) is 0 Å². The van der Waals surface area contributed by atoms with E-state index in [1.165, 1.54) is 18.2 Å². The van der Waals surface area contributed by atoms with Gasteiger partial charge in [-0.3, -0.25) is 5.73 Å². The minimum atomic E-state index is -1.49. The standard InChI is InChI=1S/C7H5NO4.CH5N3O/c9-6(10)4-2-1-3-5(8-4)7(11)12;2-1(5)4-3/h1-3H,(H,9,10)(H,11,12);3H2,(H3,2,4,5). The lowest BCUT2D eigenvalue weighted by molar-refractivity contribution is -0.255. The highest BCUT2D eigenvalue weighted by atomic mass is 16.4. The first kappa shape index (κ1) is 14.5. The number of urea groups is 1. The van der Waals surface area contributed by atoms with Crippen molar-refractivity contribution in [2.24, 2.45) is 5.84 Å². The van der Waals surface area contributed by atoms with Gasteiger partial charge in [0, 0.05) is 0 Å². The van der Waals surface area contributed by atoms with Gasteiger partial charge in [-0.25, -0.2) is 25.8 Å². The zero-order valence-electron chi connectivity index (χ0n) is 8.54. The summed E-state index contributed by atoms with van der Waals surface area (Å²) in [6.07, 6.45) is 0. The Labute approximate surface area is 95.0 Å². The van der Waals surface area contributed by atoms with Crippen LogP contribution in [0.5, 0.6) is 0 Å². The Hall–Kier alpha value is -2.52. The first-order valence-corrected chi connectivity index (χ1v) is 4.12. The Balaban J connectivity index is 0.000000437. The van der Waals surface area contributed by atoms with Gasteiger partial charge >= 0.3 is 12.0 Å². The molecule has 1 aromatic rings. The predicted octanol–water partition coefficient (Wildman–Crippen LogP) is -3.05. The fourth-order valence-corrected chi connectivity index (χ4v) is 0.668. The second-order valence-corrected chi connectivity index (χ2v) is 2.57. The van der Waals surface area contributed by atoms with Crippen LogP contribution >= 0.6 is 0 Å². The predicted molar refractivity (Wildman–Crippen MR) is 51.1 cm³/mol. The molecular weight excluding hydrogens is 232 g/mol. The van der Waals surface area contributed by atoms with E-state index in [0.717, 1.165) is 0 Å².